The van der Waals surface area contributed by atoms with Gasteiger partial charge in [-0.3, -0.25) is 0 Å². The Hall–Kier alpha value is -2.54. The maximum absolute atomic E-state index is 12.3. The maximum Gasteiger partial charge on any atom is 0.287 e. The van der Waals surface area contributed by atoms with Gasteiger partial charge in [0.1, 0.15) is 10.6 Å². The summed E-state index contributed by atoms with van der Waals surface area (Å²) >= 11 is 0. The topological polar surface area (TPSA) is 93.8 Å². The van der Waals surface area contributed by atoms with Crippen LogP contribution in [0, 0.1) is 6.92 Å². The Morgan fingerprint density at radius 2 is 1.92 bits per heavy atom. The molecular weight excluding hydrogens is 326 g/mol. The van der Waals surface area contributed by atoms with Gasteiger partial charge in [0.05, 0.1) is 12.8 Å². The van der Waals surface area contributed by atoms with Gasteiger partial charge >= 0.3 is 0 Å². The number of methoxy groups -OCH3 is 1. The molecule has 0 unspecified atom stereocenters. The summed E-state index contributed by atoms with van der Waals surface area (Å²) in [6.07, 6.45) is 0. The van der Waals surface area contributed by atoms with Gasteiger partial charge in [0.15, 0.2) is 0 Å². The van der Waals surface area contributed by atoms with Crippen molar-refractivity contribution in [1.29, 1.82) is 0 Å². The van der Waals surface area contributed by atoms with Crippen LogP contribution in [0.3, 0.4) is 0 Å². The third-order valence-electron chi connectivity index (χ3n) is 4.21. The van der Waals surface area contributed by atoms with Crippen LogP contribution in [-0.4, -0.2) is 21.5 Å². The molecule has 2 aromatic carbocycles. The molecule has 1 aliphatic rings. The van der Waals surface area contributed by atoms with Crippen LogP contribution in [-0.2, 0) is 10.0 Å². The van der Waals surface area contributed by atoms with Crippen molar-refractivity contribution in [3.05, 3.63) is 53.1 Å². The number of nitrogens with zero attached hydrogens (tertiary/aromatic N) is 1. The second kappa shape index (κ2) is 5.83. The molecule has 0 saturated heterocycles. The molecule has 3 N–H and O–H groups in total. The Bertz CT molecular complexity index is 936. The number of benzene rings is 2. The van der Waals surface area contributed by atoms with Crippen molar-refractivity contribution >= 4 is 21.7 Å². The predicted octanol–water partition coefficient (Wildman–Crippen LogP) is 2.58. The van der Waals surface area contributed by atoms with Crippen molar-refractivity contribution in [3.8, 4) is 5.75 Å². The lowest BCUT2D eigenvalue weighted by molar-refractivity contribution is 0.408. The average molecular weight is 345 g/mol. The molecule has 0 fully saturated rings. The van der Waals surface area contributed by atoms with Crippen molar-refractivity contribution in [2.24, 2.45) is 10.1 Å². The standard InChI is InChI=1S/C17H19N3O3S/c1-10-8-9-14-16(19-17(18)20-24(14,21)22)15(10)11(2)12-6-4-5-7-13(12)23-3/h4-9,11H,1-3H3,(H3,18,19,20)/t11-/m1/s1. The van der Waals surface area contributed by atoms with E-state index in [9.17, 15) is 8.42 Å². The van der Waals surface area contributed by atoms with E-state index in [1.807, 2.05) is 38.1 Å². The number of aryl methyl sites for hydroxylation is 1. The minimum absolute atomic E-state index is 0.0929. The summed E-state index contributed by atoms with van der Waals surface area (Å²) in [4.78, 5) is 0.138. The van der Waals surface area contributed by atoms with Gasteiger partial charge in [-0.1, -0.05) is 31.2 Å². The SMILES string of the molecule is COc1ccccc1[C@@H](C)c1c(C)ccc2c1NC(N)=NS2(=O)=O. The monoisotopic (exact) mass is 345 g/mol. The Balaban J connectivity index is 2.24. The first-order chi connectivity index (χ1) is 11.3. The van der Waals surface area contributed by atoms with E-state index in [2.05, 4.69) is 9.71 Å². The van der Waals surface area contributed by atoms with Crippen LogP contribution in [0.2, 0.25) is 0 Å². The molecule has 0 saturated carbocycles. The van der Waals surface area contributed by atoms with Crippen LogP contribution in [0.25, 0.3) is 0 Å². The second-order valence-corrected chi connectivity index (χ2v) is 7.28. The molecule has 0 radical (unpaired) electrons. The highest BCUT2D eigenvalue weighted by molar-refractivity contribution is 7.90. The highest BCUT2D eigenvalue weighted by Gasteiger charge is 2.29. The Morgan fingerprint density at radius 1 is 1.21 bits per heavy atom. The number of sulfonamides is 1. The zero-order valence-electron chi connectivity index (χ0n) is 13.7. The van der Waals surface area contributed by atoms with Gasteiger partial charge in [-0.25, -0.2) is 0 Å². The van der Waals surface area contributed by atoms with Crippen molar-refractivity contribution in [3.63, 3.8) is 0 Å². The number of anilines is 1. The summed E-state index contributed by atoms with van der Waals surface area (Å²) in [5.74, 6) is 0.536. The molecule has 1 aliphatic heterocycles. The largest absolute Gasteiger partial charge is 0.496 e. The minimum Gasteiger partial charge on any atom is -0.496 e. The number of guanidine groups is 1. The number of rotatable bonds is 3. The van der Waals surface area contributed by atoms with E-state index in [0.717, 1.165) is 22.4 Å². The summed E-state index contributed by atoms with van der Waals surface area (Å²) in [6.45, 7) is 3.95. The number of nitrogens with one attached hydrogen (secondary N) is 1. The van der Waals surface area contributed by atoms with Gasteiger partial charge in [-0.2, -0.15) is 8.42 Å². The fourth-order valence-electron chi connectivity index (χ4n) is 3.11. The third-order valence-corrected chi connectivity index (χ3v) is 5.55. The molecule has 0 aromatic heterocycles. The van der Waals surface area contributed by atoms with E-state index in [-0.39, 0.29) is 16.8 Å². The minimum atomic E-state index is -3.79. The fourth-order valence-corrected chi connectivity index (χ4v) is 4.18. The van der Waals surface area contributed by atoms with Crippen LogP contribution in [0.4, 0.5) is 5.69 Å². The van der Waals surface area contributed by atoms with Crippen LogP contribution >= 0.6 is 0 Å². The quantitative estimate of drug-likeness (QED) is 0.892. The second-order valence-electron chi connectivity index (χ2n) is 5.71. The summed E-state index contributed by atoms with van der Waals surface area (Å²) in [7, 11) is -2.18. The van der Waals surface area contributed by atoms with Crippen molar-refractivity contribution in [2.45, 2.75) is 24.7 Å². The molecule has 24 heavy (non-hydrogen) atoms. The Kier molecular flexibility index (Phi) is 3.96. The average Bonchev–Trinajstić information content (AvgIpc) is 2.53. The smallest absolute Gasteiger partial charge is 0.287 e. The molecule has 1 heterocycles. The molecule has 1 atom stereocenters. The summed E-state index contributed by atoms with van der Waals surface area (Å²) in [6, 6.07) is 11.0. The number of para-hydroxylation sites is 1. The maximum atomic E-state index is 12.3. The van der Waals surface area contributed by atoms with Gasteiger partial charge in [0, 0.05) is 11.5 Å². The summed E-state index contributed by atoms with van der Waals surface area (Å²) in [5.41, 5.74) is 8.95. The van der Waals surface area contributed by atoms with Gasteiger partial charge in [-0.05, 0) is 30.2 Å². The van der Waals surface area contributed by atoms with Gasteiger partial charge in [0.25, 0.3) is 10.0 Å². The number of hydrogen-bond acceptors (Lipinski definition) is 5. The highest BCUT2D eigenvalue weighted by Crippen LogP contribution is 2.41. The first-order valence-electron chi connectivity index (χ1n) is 7.49. The molecule has 0 bridgehead atoms. The normalized spacial score (nSPS) is 16.5. The van der Waals surface area contributed by atoms with E-state index >= 15 is 0 Å². The first kappa shape index (κ1) is 16.3. The lowest BCUT2D eigenvalue weighted by atomic mass is 9.88. The van der Waals surface area contributed by atoms with E-state index in [0.29, 0.717) is 5.69 Å². The molecule has 126 valence electrons. The lowest BCUT2D eigenvalue weighted by Gasteiger charge is -2.25. The van der Waals surface area contributed by atoms with Crippen LogP contribution in [0.1, 0.15) is 29.5 Å². The van der Waals surface area contributed by atoms with Gasteiger partial charge < -0.3 is 15.8 Å². The van der Waals surface area contributed by atoms with Crippen LogP contribution in [0.5, 0.6) is 5.75 Å². The van der Waals surface area contributed by atoms with Crippen LogP contribution < -0.4 is 15.8 Å². The zero-order chi connectivity index (χ0) is 17.5. The molecular formula is C17H19N3O3S. The number of fused-ring (bicyclic) bond motifs is 1. The molecule has 0 spiro atoms. The Morgan fingerprint density at radius 3 is 2.62 bits per heavy atom. The van der Waals surface area contributed by atoms with E-state index in [4.69, 9.17) is 10.5 Å². The first-order valence-corrected chi connectivity index (χ1v) is 8.93. The van der Waals surface area contributed by atoms with Gasteiger partial charge in [0.2, 0.25) is 5.96 Å². The number of nitrogens with two attached hydrogens (primary N) is 1. The molecule has 3 rings (SSSR count). The zero-order valence-corrected chi connectivity index (χ0v) is 14.5. The molecule has 0 amide bonds. The third kappa shape index (κ3) is 2.60. The fraction of sp³-hybridized carbons (Fsp3) is 0.235. The van der Waals surface area contributed by atoms with Crippen LogP contribution in [0.15, 0.2) is 45.7 Å². The summed E-state index contributed by atoms with van der Waals surface area (Å²) in [5, 5.41) is 2.92. The van der Waals surface area contributed by atoms with E-state index in [1.54, 1.807) is 19.2 Å². The van der Waals surface area contributed by atoms with E-state index < -0.39 is 10.0 Å². The lowest BCUT2D eigenvalue weighted by Crippen LogP contribution is -2.30. The molecule has 7 heteroatoms. The summed E-state index contributed by atoms with van der Waals surface area (Å²) < 4.78 is 33.6. The predicted molar refractivity (Wildman–Crippen MR) is 94.1 cm³/mol. The highest BCUT2D eigenvalue weighted by atomic mass is 32.2. The number of hydrogen-bond donors (Lipinski definition) is 2. The molecule has 6 nitrogen and oxygen atoms in total. The van der Waals surface area contributed by atoms with Gasteiger partial charge in [-0.15, -0.1) is 4.40 Å². The number of ether oxygens (including phenoxy) is 1. The van der Waals surface area contributed by atoms with E-state index in [1.165, 1.54) is 0 Å². The van der Waals surface area contributed by atoms with Crippen molar-refractivity contribution in [2.75, 3.05) is 12.4 Å². The molecule has 2 aromatic rings. The van der Waals surface area contributed by atoms with Crippen molar-refractivity contribution < 1.29 is 13.2 Å². The molecule has 0 aliphatic carbocycles. The van der Waals surface area contributed by atoms with Crippen molar-refractivity contribution in [1.82, 2.24) is 0 Å². The Labute approximate surface area is 141 Å².